The summed E-state index contributed by atoms with van der Waals surface area (Å²) in [5.74, 6) is 0.249. The second-order valence-corrected chi connectivity index (χ2v) is 13.1. The number of alkyl halides is 3. The zero-order chi connectivity index (χ0) is 33.9. The number of hydrogen-bond acceptors (Lipinski definition) is 7. The average molecular weight is 664 g/mol. The molecule has 3 aromatic carbocycles. The Morgan fingerprint density at radius 2 is 1.83 bits per heavy atom. The first kappa shape index (κ1) is 33.6. The van der Waals surface area contributed by atoms with Crippen LogP contribution in [0.5, 0.6) is 5.75 Å². The van der Waals surface area contributed by atoms with Crippen molar-refractivity contribution in [3.05, 3.63) is 77.5 Å². The third-order valence-electron chi connectivity index (χ3n) is 9.44. The molecule has 2 aliphatic rings. The van der Waals surface area contributed by atoms with E-state index in [1.807, 2.05) is 31.2 Å². The summed E-state index contributed by atoms with van der Waals surface area (Å²) < 4.78 is 53.1. The fraction of sp³-hybridized carbons (Fsp3) is 0.417. The normalized spacial score (nSPS) is 17.3. The fourth-order valence-electron chi connectivity index (χ4n) is 6.19. The number of quaternary nitrogens is 1. The number of amides is 1. The molecule has 2 aliphatic heterocycles. The van der Waals surface area contributed by atoms with Crippen molar-refractivity contribution in [3.8, 4) is 16.9 Å². The molecule has 12 heteroatoms. The van der Waals surface area contributed by atoms with Gasteiger partial charge in [0, 0.05) is 23.2 Å². The van der Waals surface area contributed by atoms with Gasteiger partial charge in [0.15, 0.2) is 0 Å². The van der Waals surface area contributed by atoms with Crippen molar-refractivity contribution in [2.45, 2.75) is 32.0 Å². The minimum atomic E-state index is -4.58. The second-order valence-electron chi connectivity index (χ2n) is 13.1. The minimum Gasteiger partial charge on any atom is -0.486 e. The van der Waals surface area contributed by atoms with Gasteiger partial charge in [-0.05, 0) is 99.1 Å². The molecule has 2 fully saturated rings. The van der Waals surface area contributed by atoms with E-state index in [9.17, 15) is 18.0 Å². The number of fused-ring (bicyclic) bond motifs is 1. The molecule has 6 rings (SSSR count). The topological polar surface area (TPSA) is 88.6 Å². The molecule has 4 aromatic rings. The standard InChI is InChI=1S/C36H41F3N6O3/c1-24-4-5-26(21-30(24)25-6-8-31-27(20-25)23-40-35(43-31)41-29-10-12-44(2)13-11-29)34(46)42-32-22-28(36(37,38)39)7-9-33(32)48-19-16-45(3)14-17-47-18-15-45/h4-9,20-23,29H,10-19H2,1-3H3,(H-,40,41,42,43,46)/p+1. The van der Waals surface area contributed by atoms with Crippen LogP contribution in [0.25, 0.3) is 22.0 Å². The number of morpholine rings is 1. The third-order valence-corrected chi connectivity index (χ3v) is 9.44. The molecule has 48 heavy (non-hydrogen) atoms. The molecule has 0 saturated carbocycles. The van der Waals surface area contributed by atoms with Crippen LogP contribution in [0.15, 0.2) is 60.8 Å². The molecule has 254 valence electrons. The Morgan fingerprint density at radius 3 is 2.58 bits per heavy atom. The monoisotopic (exact) mass is 663 g/mol. The van der Waals surface area contributed by atoms with E-state index in [4.69, 9.17) is 14.5 Å². The largest absolute Gasteiger partial charge is 0.486 e. The van der Waals surface area contributed by atoms with Crippen LogP contribution in [0.1, 0.15) is 34.3 Å². The molecule has 1 aromatic heterocycles. The summed E-state index contributed by atoms with van der Waals surface area (Å²) >= 11 is 0. The summed E-state index contributed by atoms with van der Waals surface area (Å²) in [4.78, 5) is 25.1. The number of carbonyl (C=O) groups is 1. The number of rotatable bonds is 9. The Morgan fingerprint density at radius 1 is 1.06 bits per heavy atom. The number of nitrogens with zero attached hydrogens (tertiary/aromatic N) is 4. The highest BCUT2D eigenvalue weighted by Crippen LogP contribution is 2.36. The number of aryl methyl sites for hydroxylation is 1. The third kappa shape index (κ3) is 8.05. The predicted molar refractivity (Wildman–Crippen MR) is 180 cm³/mol. The lowest BCUT2D eigenvalue weighted by Crippen LogP contribution is -2.53. The van der Waals surface area contributed by atoms with Gasteiger partial charge in [0.2, 0.25) is 5.95 Å². The van der Waals surface area contributed by atoms with Crippen LogP contribution in [0.4, 0.5) is 24.8 Å². The lowest BCUT2D eigenvalue weighted by molar-refractivity contribution is -0.916. The first-order valence-corrected chi connectivity index (χ1v) is 16.4. The first-order valence-electron chi connectivity index (χ1n) is 16.4. The van der Waals surface area contributed by atoms with Gasteiger partial charge in [-0.1, -0.05) is 12.1 Å². The molecule has 3 heterocycles. The number of anilines is 2. The van der Waals surface area contributed by atoms with Gasteiger partial charge in [0.05, 0.1) is 37.0 Å². The van der Waals surface area contributed by atoms with E-state index in [1.165, 1.54) is 6.07 Å². The van der Waals surface area contributed by atoms with E-state index in [2.05, 4.69) is 34.6 Å². The number of carbonyl (C=O) groups excluding carboxylic acids is 1. The van der Waals surface area contributed by atoms with E-state index >= 15 is 0 Å². The summed E-state index contributed by atoms with van der Waals surface area (Å²) in [6, 6.07) is 14.6. The number of ether oxygens (including phenoxy) is 2. The van der Waals surface area contributed by atoms with Crippen molar-refractivity contribution in [3.63, 3.8) is 0 Å². The lowest BCUT2D eigenvalue weighted by Gasteiger charge is -2.37. The smallest absolute Gasteiger partial charge is 0.416 e. The molecule has 0 bridgehead atoms. The maximum Gasteiger partial charge on any atom is 0.416 e. The van der Waals surface area contributed by atoms with Gasteiger partial charge in [-0.25, -0.2) is 9.97 Å². The van der Waals surface area contributed by atoms with Gasteiger partial charge in [-0.15, -0.1) is 0 Å². The number of likely N-dealkylation sites (N-methyl/N-ethyl adjacent to an activating group) is 1. The van der Waals surface area contributed by atoms with Crippen molar-refractivity contribution in [2.24, 2.45) is 0 Å². The van der Waals surface area contributed by atoms with Crippen LogP contribution in [0.2, 0.25) is 0 Å². The van der Waals surface area contributed by atoms with Crippen molar-refractivity contribution in [2.75, 3.05) is 77.3 Å². The fourth-order valence-corrected chi connectivity index (χ4v) is 6.19. The van der Waals surface area contributed by atoms with Crippen molar-refractivity contribution in [1.82, 2.24) is 14.9 Å². The van der Waals surface area contributed by atoms with Crippen LogP contribution in [-0.2, 0) is 10.9 Å². The first-order chi connectivity index (χ1) is 23.0. The van der Waals surface area contributed by atoms with Gasteiger partial charge in [0.25, 0.3) is 5.91 Å². The molecule has 2 saturated heterocycles. The highest BCUT2D eigenvalue weighted by atomic mass is 19.4. The van der Waals surface area contributed by atoms with Crippen LogP contribution in [0.3, 0.4) is 0 Å². The van der Waals surface area contributed by atoms with Gasteiger partial charge >= 0.3 is 6.18 Å². The number of benzene rings is 3. The molecule has 0 spiro atoms. The predicted octanol–water partition coefficient (Wildman–Crippen LogP) is 6.24. The van der Waals surface area contributed by atoms with Crippen LogP contribution < -0.4 is 15.4 Å². The van der Waals surface area contributed by atoms with E-state index in [0.29, 0.717) is 37.3 Å². The number of nitrogens with one attached hydrogen (secondary N) is 2. The highest BCUT2D eigenvalue weighted by molar-refractivity contribution is 6.06. The van der Waals surface area contributed by atoms with Gasteiger partial charge < -0.3 is 29.5 Å². The van der Waals surface area contributed by atoms with Crippen molar-refractivity contribution < 1.29 is 31.9 Å². The van der Waals surface area contributed by atoms with Gasteiger partial charge in [-0.2, -0.15) is 13.2 Å². The maximum atomic E-state index is 13.7. The zero-order valence-electron chi connectivity index (χ0n) is 27.6. The molecule has 0 unspecified atom stereocenters. The van der Waals surface area contributed by atoms with Crippen LogP contribution in [0, 0.1) is 6.92 Å². The van der Waals surface area contributed by atoms with E-state index in [1.54, 1.807) is 18.3 Å². The Labute approximate surface area is 278 Å². The minimum absolute atomic E-state index is 0.0332. The molecular weight excluding hydrogens is 621 g/mol. The molecule has 0 radical (unpaired) electrons. The number of hydrogen-bond donors (Lipinski definition) is 2. The summed E-state index contributed by atoms with van der Waals surface area (Å²) in [6.07, 6.45) is -0.704. The zero-order valence-corrected chi connectivity index (χ0v) is 27.6. The number of piperidine rings is 1. The summed E-state index contributed by atoms with van der Waals surface area (Å²) in [7, 11) is 4.23. The number of aromatic nitrogens is 2. The van der Waals surface area contributed by atoms with E-state index in [-0.39, 0.29) is 18.0 Å². The molecule has 9 nitrogen and oxygen atoms in total. The highest BCUT2D eigenvalue weighted by Gasteiger charge is 2.32. The molecule has 1 amide bonds. The summed E-state index contributed by atoms with van der Waals surface area (Å²) in [5, 5.41) is 7.01. The quantitative estimate of drug-likeness (QED) is 0.205. The van der Waals surface area contributed by atoms with E-state index < -0.39 is 17.6 Å². The second kappa shape index (κ2) is 14.1. The Hall–Kier alpha value is -4.26. The lowest BCUT2D eigenvalue weighted by atomic mass is 9.97. The molecular formula is C36H42F3N6O3+. The average Bonchev–Trinajstić information content (AvgIpc) is 3.06. The number of likely N-dealkylation sites (tertiary alicyclic amines) is 1. The molecule has 0 atom stereocenters. The SMILES string of the molecule is Cc1ccc(C(=O)Nc2cc(C(F)(F)F)ccc2OCC[N+]2(C)CCOCC2)cc1-c1ccc2nc(NC3CCN(C)CC3)ncc2c1. The maximum absolute atomic E-state index is 13.7. The van der Waals surface area contributed by atoms with Crippen LogP contribution in [-0.4, -0.2) is 97.9 Å². The summed E-state index contributed by atoms with van der Waals surface area (Å²) in [5.41, 5.74) is 2.84. The van der Waals surface area contributed by atoms with Gasteiger partial charge in [0.1, 0.15) is 32.0 Å². The van der Waals surface area contributed by atoms with Crippen molar-refractivity contribution >= 4 is 28.4 Å². The Kier molecular flexibility index (Phi) is 9.86. The molecule has 0 aliphatic carbocycles. The Bertz CT molecular complexity index is 1770. The van der Waals surface area contributed by atoms with Gasteiger partial charge in [-0.3, -0.25) is 4.79 Å². The molecule has 2 N–H and O–H groups in total. The van der Waals surface area contributed by atoms with Crippen LogP contribution >= 0.6 is 0 Å². The number of halogens is 3. The summed E-state index contributed by atoms with van der Waals surface area (Å²) in [6.45, 7) is 7.93. The Balaban J connectivity index is 1.19. The van der Waals surface area contributed by atoms with Crippen molar-refractivity contribution in [1.29, 1.82) is 0 Å². The van der Waals surface area contributed by atoms with E-state index in [0.717, 1.165) is 83.2 Å².